The third-order valence-corrected chi connectivity index (χ3v) is 13.6. The van der Waals surface area contributed by atoms with E-state index in [-0.39, 0.29) is 29.9 Å². The van der Waals surface area contributed by atoms with Crippen molar-refractivity contribution in [2.24, 2.45) is 5.92 Å². The van der Waals surface area contributed by atoms with Gasteiger partial charge in [0.25, 0.3) is 11.8 Å². The maximum absolute atomic E-state index is 15.1. The number of benzene rings is 3. The average molecular weight is 720 g/mol. The molecule has 1 fully saturated rings. The van der Waals surface area contributed by atoms with Crippen molar-refractivity contribution in [2.75, 3.05) is 23.0 Å². The molecule has 2 N–H and O–H groups in total. The van der Waals surface area contributed by atoms with Gasteiger partial charge in [0.05, 0.1) is 28.7 Å². The number of aliphatic hydroxyl groups excluding tert-OH is 1. The van der Waals surface area contributed by atoms with Crippen molar-refractivity contribution in [2.45, 2.75) is 90.3 Å². The summed E-state index contributed by atoms with van der Waals surface area (Å²) >= 11 is 0. The largest absolute Gasteiger partial charge is 0.432 e. The highest BCUT2D eigenvalue weighted by molar-refractivity contribution is 6.71. The first-order chi connectivity index (χ1) is 24.8. The van der Waals surface area contributed by atoms with Crippen molar-refractivity contribution in [3.05, 3.63) is 101 Å². The number of fused-ring (bicyclic) bond motifs is 2. The second-order valence-corrected chi connectivity index (χ2v) is 19.4. The lowest BCUT2D eigenvalue weighted by atomic mass is 9.82. The van der Waals surface area contributed by atoms with Crippen molar-refractivity contribution in [3.8, 4) is 0 Å². The van der Waals surface area contributed by atoms with Gasteiger partial charge in [0, 0.05) is 60.4 Å². The molecular weight excluding hydrogens is 671 g/mol. The Morgan fingerprint density at radius 3 is 2.54 bits per heavy atom. The van der Waals surface area contributed by atoms with Crippen LogP contribution in [-0.2, 0) is 28.1 Å². The number of aryl methyl sites for hydroxylation is 1. The first-order valence-corrected chi connectivity index (χ1v) is 21.4. The van der Waals surface area contributed by atoms with Crippen LogP contribution in [0.25, 0.3) is 10.8 Å². The third kappa shape index (κ3) is 6.13. The minimum Gasteiger partial charge on any atom is -0.432 e. The molecule has 3 aliphatic heterocycles. The van der Waals surface area contributed by atoms with E-state index in [4.69, 9.17) is 4.74 Å². The molecule has 0 bridgehead atoms. The zero-order valence-electron chi connectivity index (χ0n) is 31.0. The van der Waals surface area contributed by atoms with Crippen LogP contribution in [0.1, 0.15) is 68.6 Å². The second-order valence-electron chi connectivity index (χ2n) is 15.4. The summed E-state index contributed by atoms with van der Waals surface area (Å²) in [6.07, 6.45) is 8.52. The lowest BCUT2D eigenvalue weighted by molar-refractivity contribution is -0.145. The second kappa shape index (κ2) is 13.9. The maximum atomic E-state index is 15.1. The quantitative estimate of drug-likeness (QED) is 0.118. The standard InChI is InChI=1S/C41H49N5O5Si/c1-26(2)10-7-11-27(3)18-22-45-34-17-16-31(46-35-15-9-13-29-12-8-14-32(37(29)35)39(46)48)24-33(34)41(40(45)49)28(4)38(52(5,6)50)36(51-41)19-21-44-25-30(20-23-47)42-43-44/h8-10,12-18,24-25,28,36,38,47,50H,7,11,19-23H2,1-6H3/b27-18+/t28-,36+,38-,41+/m1/s1. The molecular formula is C41H49N5O5Si. The Morgan fingerprint density at radius 2 is 1.81 bits per heavy atom. The van der Waals surface area contributed by atoms with Gasteiger partial charge in [-0.1, -0.05) is 59.7 Å². The van der Waals surface area contributed by atoms with Crippen molar-refractivity contribution >= 4 is 48.0 Å². The van der Waals surface area contributed by atoms with E-state index < -0.39 is 20.0 Å². The Bertz CT molecular complexity index is 2090. The van der Waals surface area contributed by atoms with Gasteiger partial charge < -0.3 is 19.5 Å². The van der Waals surface area contributed by atoms with Gasteiger partial charge in [-0.25, -0.2) is 0 Å². The molecule has 1 aromatic heterocycles. The van der Waals surface area contributed by atoms with Crippen LogP contribution in [0.4, 0.5) is 17.1 Å². The molecule has 1 spiro atoms. The van der Waals surface area contributed by atoms with Crippen LogP contribution in [0.5, 0.6) is 0 Å². The number of hydrogen-bond donors (Lipinski definition) is 2. The SMILES string of the molecule is CC(C)=CCC/C(C)=C/CN1C(=O)[C@@]2(O[C@@H](CCn3cc(CCO)nn3)[C@H]([Si](C)(C)O)[C@H]2C)c2cc(N3C(=O)c4cccc5cccc3c45)ccc21. The van der Waals surface area contributed by atoms with Gasteiger partial charge in [-0.2, -0.15) is 0 Å². The van der Waals surface area contributed by atoms with E-state index in [2.05, 4.69) is 43.2 Å². The van der Waals surface area contributed by atoms with E-state index in [1.807, 2.05) is 85.7 Å². The first kappa shape index (κ1) is 36.0. The molecule has 0 unspecified atom stereocenters. The Balaban J connectivity index is 1.30. The Kier molecular flexibility index (Phi) is 9.58. The lowest BCUT2D eigenvalue weighted by Gasteiger charge is -2.32. The van der Waals surface area contributed by atoms with Crippen molar-refractivity contribution in [3.63, 3.8) is 0 Å². The topological polar surface area (TPSA) is 121 Å². The number of rotatable bonds is 12. The predicted octanol–water partition coefficient (Wildman–Crippen LogP) is 7.19. The monoisotopic (exact) mass is 719 g/mol. The third-order valence-electron chi connectivity index (χ3n) is 11.1. The number of allylic oxidation sites excluding steroid dienone is 3. The molecule has 0 saturated carbocycles. The number of carbonyl (C=O) groups is 2. The Morgan fingerprint density at radius 1 is 1.04 bits per heavy atom. The maximum Gasteiger partial charge on any atom is 0.264 e. The normalized spacial score (nSPS) is 22.7. The number of aromatic nitrogens is 3. The summed E-state index contributed by atoms with van der Waals surface area (Å²) in [5.41, 5.74) is 5.20. The van der Waals surface area contributed by atoms with Gasteiger partial charge in [-0.3, -0.25) is 19.2 Å². The van der Waals surface area contributed by atoms with E-state index in [9.17, 15) is 14.7 Å². The fraction of sp³-hybridized carbons (Fsp3) is 0.415. The molecule has 52 heavy (non-hydrogen) atoms. The fourth-order valence-corrected chi connectivity index (χ4v) is 11.3. The smallest absolute Gasteiger partial charge is 0.264 e. The molecule has 3 aromatic carbocycles. The summed E-state index contributed by atoms with van der Waals surface area (Å²) in [6, 6.07) is 17.6. The number of carbonyl (C=O) groups excluding carboxylic acids is 2. The number of aliphatic hydroxyl groups is 1. The molecule has 272 valence electrons. The average Bonchev–Trinajstić information content (AvgIpc) is 3.82. The molecule has 3 aliphatic rings. The predicted molar refractivity (Wildman–Crippen MR) is 206 cm³/mol. The van der Waals surface area contributed by atoms with E-state index in [1.54, 1.807) is 9.58 Å². The number of anilines is 3. The summed E-state index contributed by atoms with van der Waals surface area (Å²) < 4.78 is 8.86. The minimum absolute atomic E-state index is 0.00865. The van der Waals surface area contributed by atoms with Crippen molar-refractivity contribution < 1.29 is 24.2 Å². The number of nitrogens with zero attached hydrogens (tertiary/aromatic N) is 5. The highest BCUT2D eigenvalue weighted by Gasteiger charge is 2.66. The van der Waals surface area contributed by atoms with Crippen LogP contribution in [0.2, 0.25) is 18.6 Å². The molecule has 11 heteroatoms. The zero-order chi connectivity index (χ0) is 36.9. The van der Waals surface area contributed by atoms with Crippen molar-refractivity contribution in [1.29, 1.82) is 0 Å². The summed E-state index contributed by atoms with van der Waals surface area (Å²) in [7, 11) is -2.90. The van der Waals surface area contributed by atoms with Crippen LogP contribution < -0.4 is 9.80 Å². The zero-order valence-corrected chi connectivity index (χ0v) is 32.0. The van der Waals surface area contributed by atoms with E-state index in [0.29, 0.717) is 42.9 Å². The highest BCUT2D eigenvalue weighted by Crippen LogP contribution is 2.60. The van der Waals surface area contributed by atoms with Crippen molar-refractivity contribution in [1.82, 2.24) is 15.0 Å². The van der Waals surface area contributed by atoms with Gasteiger partial charge in [0.2, 0.25) is 0 Å². The lowest BCUT2D eigenvalue weighted by Crippen LogP contribution is -2.46. The molecule has 0 aliphatic carbocycles. The molecule has 4 atom stereocenters. The molecule has 10 nitrogen and oxygen atoms in total. The Hall–Kier alpha value is -4.42. The summed E-state index contributed by atoms with van der Waals surface area (Å²) in [4.78, 5) is 44.5. The molecule has 4 aromatic rings. The van der Waals surface area contributed by atoms with Crippen LogP contribution >= 0.6 is 0 Å². The number of amides is 2. The van der Waals surface area contributed by atoms with Gasteiger partial charge in [-0.05, 0) is 88.8 Å². The van der Waals surface area contributed by atoms with E-state index in [0.717, 1.165) is 40.6 Å². The number of hydrogen-bond acceptors (Lipinski definition) is 7. The summed E-state index contributed by atoms with van der Waals surface area (Å²) in [5, 5.41) is 19.7. The van der Waals surface area contributed by atoms with Gasteiger partial charge in [-0.15, -0.1) is 5.10 Å². The molecule has 0 radical (unpaired) electrons. The molecule has 1 saturated heterocycles. The Labute approximate surface area is 306 Å². The van der Waals surface area contributed by atoms with Crippen LogP contribution in [-0.4, -0.2) is 64.3 Å². The fourth-order valence-electron chi connectivity index (χ4n) is 8.70. The summed E-state index contributed by atoms with van der Waals surface area (Å²) in [5.74, 6) is -0.602. The molecule has 4 heterocycles. The molecule has 7 rings (SSSR count). The summed E-state index contributed by atoms with van der Waals surface area (Å²) in [6.45, 7) is 13.1. The van der Waals surface area contributed by atoms with Crippen LogP contribution in [0.15, 0.2) is 84.1 Å². The van der Waals surface area contributed by atoms with Gasteiger partial charge in [0.15, 0.2) is 13.9 Å². The minimum atomic E-state index is -2.90. The van der Waals surface area contributed by atoms with E-state index in [1.165, 1.54) is 11.1 Å². The molecule has 2 amide bonds. The highest BCUT2D eigenvalue weighted by atomic mass is 28.4. The number of ether oxygens (including phenoxy) is 1. The van der Waals surface area contributed by atoms with Gasteiger partial charge >= 0.3 is 0 Å². The van der Waals surface area contributed by atoms with Crippen LogP contribution in [0, 0.1) is 5.92 Å². The van der Waals surface area contributed by atoms with Gasteiger partial charge in [0.1, 0.15) is 0 Å². The first-order valence-electron chi connectivity index (χ1n) is 18.4. The van der Waals surface area contributed by atoms with Crippen LogP contribution in [0.3, 0.4) is 0 Å². The van der Waals surface area contributed by atoms with E-state index >= 15 is 4.79 Å².